The fourth-order valence-corrected chi connectivity index (χ4v) is 5.16. The Morgan fingerprint density at radius 3 is 1.32 bits per heavy atom. The number of amides is 2. The Labute approximate surface area is 238 Å². The van der Waals surface area contributed by atoms with Gasteiger partial charge in [0.25, 0.3) is 0 Å². The number of hydrogen-bond donors (Lipinski definition) is 2. The molecule has 0 aliphatic carbocycles. The number of hydrogen-bond acceptors (Lipinski definition) is 6. The Kier molecular flexibility index (Phi) is 12.3. The number of carbonyl (C=O) groups is 2. The molecule has 214 valence electrons. The zero-order chi connectivity index (χ0) is 27.8. The molecule has 2 heterocycles. The van der Waals surface area contributed by atoms with Crippen LogP contribution in [0.4, 0.5) is 0 Å². The molecular weight excluding hydrogens is 500 g/mol. The second-order valence-electron chi connectivity index (χ2n) is 10.9. The normalized spacial score (nSPS) is 16.4. The molecule has 8 heteroatoms. The molecule has 2 aliphatic heterocycles. The average Bonchev–Trinajstić information content (AvgIpc) is 2.99. The van der Waals surface area contributed by atoms with Gasteiger partial charge in [-0.25, -0.2) is 10.9 Å². The maximum absolute atomic E-state index is 12.2. The first kappa shape index (κ1) is 29.6. The molecule has 2 aromatic rings. The van der Waals surface area contributed by atoms with Crippen LogP contribution in [0.5, 0.6) is 0 Å². The summed E-state index contributed by atoms with van der Waals surface area (Å²) in [7, 11) is 0. The Balaban J connectivity index is 0.985. The summed E-state index contributed by atoms with van der Waals surface area (Å²) >= 11 is 0. The van der Waals surface area contributed by atoms with Crippen molar-refractivity contribution in [3.05, 3.63) is 71.8 Å². The van der Waals surface area contributed by atoms with Gasteiger partial charge in [-0.3, -0.25) is 19.4 Å². The third-order valence-electron chi connectivity index (χ3n) is 7.60. The molecule has 0 atom stereocenters. The predicted octanol–water partition coefficient (Wildman–Crippen LogP) is 4.86. The lowest BCUT2D eigenvalue weighted by Crippen LogP contribution is -2.34. The highest BCUT2D eigenvalue weighted by Gasteiger charge is 2.16. The fourth-order valence-electron chi connectivity index (χ4n) is 5.16. The average molecular weight is 545 g/mol. The van der Waals surface area contributed by atoms with Gasteiger partial charge in [0.05, 0.1) is 0 Å². The van der Waals surface area contributed by atoms with Crippen molar-refractivity contribution in [2.75, 3.05) is 26.2 Å². The standard InChI is InChI=1S/C32H44N6O2/c39-31(35-33-29-17-21-37(22-18-29)25-27-11-5-3-6-12-27)15-9-1-2-10-16-32(40)36-34-30-19-23-38(24-20-30)26-28-13-7-4-8-14-28/h3-8,11-14H,1-2,9-10,15-26H2,(H,35,39)(H,36,40). The predicted molar refractivity (Wildman–Crippen MR) is 161 cm³/mol. The molecule has 0 bridgehead atoms. The highest BCUT2D eigenvalue weighted by Crippen LogP contribution is 2.13. The summed E-state index contributed by atoms with van der Waals surface area (Å²) in [4.78, 5) is 29.2. The molecule has 2 amide bonds. The summed E-state index contributed by atoms with van der Waals surface area (Å²) in [6.45, 7) is 5.80. The number of likely N-dealkylation sites (tertiary alicyclic amines) is 2. The maximum Gasteiger partial charge on any atom is 0.240 e. The van der Waals surface area contributed by atoms with Crippen LogP contribution in [0.3, 0.4) is 0 Å². The van der Waals surface area contributed by atoms with E-state index in [1.807, 2.05) is 12.1 Å². The van der Waals surface area contributed by atoms with Crippen LogP contribution in [0.1, 0.15) is 75.3 Å². The lowest BCUT2D eigenvalue weighted by atomic mass is 10.1. The summed E-state index contributed by atoms with van der Waals surface area (Å²) in [5.41, 5.74) is 10.3. The molecule has 2 fully saturated rings. The van der Waals surface area contributed by atoms with Crippen molar-refractivity contribution in [3.63, 3.8) is 0 Å². The van der Waals surface area contributed by atoms with Gasteiger partial charge in [-0.05, 0) is 24.0 Å². The number of piperidine rings is 2. The number of nitrogens with one attached hydrogen (secondary N) is 2. The molecule has 0 saturated carbocycles. The van der Waals surface area contributed by atoms with Gasteiger partial charge in [-0.15, -0.1) is 0 Å². The Morgan fingerprint density at radius 2 is 0.950 bits per heavy atom. The van der Waals surface area contributed by atoms with Crippen molar-refractivity contribution < 1.29 is 9.59 Å². The molecule has 8 nitrogen and oxygen atoms in total. The van der Waals surface area contributed by atoms with Gasteiger partial charge in [-0.1, -0.05) is 73.5 Å². The summed E-state index contributed by atoms with van der Waals surface area (Å²) < 4.78 is 0. The summed E-state index contributed by atoms with van der Waals surface area (Å²) in [6.07, 6.45) is 8.00. The molecule has 0 radical (unpaired) electrons. The maximum atomic E-state index is 12.2. The summed E-state index contributed by atoms with van der Waals surface area (Å²) in [5, 5.41) is 8.73. The third kappa shape index (κ3) is 11.0. The van der Waals surface area contributed by atoms with Crippen LogP contribution in [0.2, 0.25) is 0 Å². The molecule has 0 aromatic heterocycles. The topological polar surface area (TPSA) is 89.4 Å². The zero-order valence-electron chi connectivity index (χ0n) is 23.7. The SMILES string of the molecule is O=C(CCCCCCC(=O)NN=C1CCN(Cc2ccccc2)CC1)NN=C1CCN(Cc2ccccc2)CC1. The van der Waals surface area contributed by atoms with Crippen molar-refractivity contribution in [1.29, 1.82) is 0 Å². The number of unbranched alkanes of at least 4 members (excludes halogenated alkanes) is 3. The highest BCUT2D eigenvalue weighted by atomic mass is 16.2. The van der Waals surface area contributed by atoms with Crippen molar-refractivity contribution in [2.24, 2.45) is 10.2 Å². The highest BCUT2D eigenvalue weighted by molar-refractivity contribution is 5.87. The van der Waals surface area contributed by atoms with Crippen LogP contribution in [0.15, 0.2) is 70.9 Å². The van der Waals surface area contributed by atoms with Crippen LogP contribution in [-0.2, 0) is 22.7 Å². The van der Waals surface area contributed by atoms with E-state index < -0.39 is 0 Å². The van der Waals surface area contributed by atoms with Gasteiger partial charge in [-0.2, -0.15) is 10.2 Å². The van der Waals surface area contributed by atoms with Crippen LogP contribution in [0, 0.1) is 0 Å². The summed E-state index contributed by atoms with van der Waals surface area (Å²) in [6, 6.07) is 21.0. The molecule has 40 heavy (non-hydrogen) atoms. The lowest BCUT2D eigenvalue weighted by molar-refractivity contribution is -0.122. The van der Waals surface area contributed by atoms with Crippen molar-refractivity contribution in [1.82, 2.24) is 20.7 Å². The fraction of sp³-hybridized carbons (Fsp3) is 0.500. The van der Waals surface area contributed by atoms with E-state index in [4.69, 9.17) is 0 Å². The van der Waals surface area contributed by atoms with E-state index >= 15 is 0 Å². The quantitative estimate of drug-likeness (QED) is 0.278. The molecule has 4 rings (SSSR count). The van der Waals surface area contributed by atoms with Crippen LogP contribution >= 0.6 is 0 Å². The number of hydrazone groups is 2. The number of nitrogens with zero attached hydrogens (tertiary/aromatic N) is 4. The van der Waals surface area contributed by atoms with E-state index in [1.165, 1.54) is 11.1 Å². The molecule has 2 aromatic carbocycles. The second-order valence-corrected chi connectivity index (χ2v) is 10.9. The van der Waals surface area contributed by atoms with E-state index in [9.17, 15) is 9.59 Å². The monoisotopic (exact) mass is 544 g/mol. The van der Waals surface area contributed by atoms with Gasteiger partial charge in [0.1, 0.15) is 0 Å². The van der Waals surface area contributed by atoms with Crippen molar-refractivity contribution >= 4 is 23.2 Å². The molecule has 2 N–H and O–H groups in total. The van der Waals surface area contributed by atoms with Gasteiger partial charge in [0, 0.05) is 89.2 Å². The van der Waals surface area contributed by atoms with Gasteiger partial charge in [0.2, 0.25) is 11.8 Å². The molecule has 2 aliphatic rings. The second kappa shape index (κ2) is 16.7. The largest absolute Gasteiger partial charge is 0.298 e. The minimum atomic E-state index is -0.0254. The van der Waals surface area contributed by atoms with Crippen LogP contribution < -0.4 is 10.9 Å². The molecule has 0 unspecified atom stereocenters. The number of rotatable bonds is 13. The van der Waals surface area contributed by atoms with E-state index in [0.29, 0.717) is 12.8 Å². The van der Waals surface area contributed by atoms with E-state index in [0.717, 1.165) is 102 Å². The van der Waals surface area contributed by atoms with Crippen LogP contribution in [0.25, 0.3) is 0 Å². The number of carbonyl (C=O) groups excluding carboxylic acids is 2. The summed E-state index contributed by atoms with van der Waals surface area (Å²) in [5.74, 6) is -0.0507. The lowest BCUT2D eigenvalue weighted by Gasteiger charge is -2.27. The van der Waals surface area contributed by atoms with E-state index in [1.54, 1.807) is 0 Å². The molecule has 0 spiro atoms. The van der Waals surface area contributed by atoms with E-state index in [-0.39, 0.29) is 11.8 Å². The minimum absolute atomic E-state index is 0.0254. The first-order valence-electron chi connectivity index (χ1n) is 14.8. The van der Waals surface area contributed by atoms with Crippen molar-refractivity contribution in [2.45, 2.75) is 77.3 Å². The third-order valence-corrected chi connectivity index (χ3v) is 7.60. The van der Waals surface area contributed by atoms with Gasteiger partial charge in [0.15, 0.2) is 0 Å². The first-order chi connectivity index (χ1) is 19.6. The van der Waals surface area contributed by atoms with E-state index in [2.05, 4.69) is 79.4 Å². The van der Waals surface area contributed by atoms with Gasteiger partial charge < -0.3 is 0 Å². The van der Waals surface area contributed by atoms with Gasteiger partial charge >= 0.3 is 0 Å². The zero-order valence-corrected chi connectivity index (χ0v) is 23.7. The Morgan fingerprint density at radius 1 is 0.575 bits per heavy atom. The molecule has 2 saturated heterocycles. The smallest absolute Gasteiger partial charge is 0.240 e. The Hall–Kier alpha value is -3.36. The Bertz CT molecular complexity index is 1010. The molecular formula is C32H44N6O2. The van der Waals surface area contributed by atoms with Crippen LogP contribution in [-0.4, -0.2) is 59.2 Å². The van der Waals surface area contributed by atoms with Crippen molar-refractivity contribution in [3.8, 4) is 0 Å². The first-order valence-corrected chi connectivity index (χ1v) is 14.8. The number of benzene rings is 2. The minimum Gasteiger partial charge on any atom is -0.298 e.